The van der Waals surface area contributed by atoms with Crippen LogP contribution in [0.15, 0.2) is 18.2 Å². The van der Waals surface area contributed by atoms with Crippen molar-refractivity contribution in [3.63, 3.8) is 0 Å². The topological polar surface area (TPSA) is 26.0 Å². The molecule has 1 aromatic carbocycles. The van der Waals surface area contributed by atoms with E-state index in [9.17, 15) is 0 Å². The zero-order valence-corrected chi connectivity index (χ0v) is 8.23. The van der Waals surface area contributed by atoms with Gasteiger partial charge in [-0.3, -0.25) is 0 Å². The molecule has 0 heterocycles. The van der Waals surface area contributed by atoms with Crippen LogP contribution in [0.3, 0.4) is 0 Å². The van der Waals surface area contributed by atoms with Crippen LogP contribution in [0.4, 0.5) is 0 Å². The van der Waals surface area contributed by atoms with Gasteiger partial charge in [0.2, 0.25) is 0 Å². The van der Waals surface area contributed by atoms with Gasteiger partial charge in [-0.2, -0.15) is 0 Å². The number of benzene rings is 1. The van der Waals surface area contributed by atoms with E-state index in [1.807, 2.05) is 25.1 Å². The van der Waals surface area contributed by atoms with Crippen LogP contribution in [0, 0.1) is 6.92 Å². The second-order valence-corrected chi connectivity index (χ2v) is 3.69. The molecule has 12 heavy (non-hydrogen) atoms. The van der Waals surface area contributed by atoms with Crippen molar-refractivity contribution in [2.75, 3.05) is 0 Å². The molecule has 0 bridgehead atoms. The van der Waals surface area contributed by atoms with Crippen LogP contribution in [0.1, 0.15) is 18.1 Å². The highest BCUT2D eigenvalue weighted by Crippen LogP contribution is 2.16. The van der Waals surface area contributed by atoms with Crippen molar-refractivity contribution in [1.82, 2.24) is 0 Å². The van der Waals surface area contributed by atoms with Gasteiger partial charge in [-0.15, -0.1) is 0 Å². The molecule has 1 nitrogen and oxygen atoms in total. The van der Waals surface area contributed by atoms with Gasteiger partial charge >= 0.3 is 0 Å². The van der Waals surface area contributed by atoms with Crippen molar-refractivity contribution in [2.24, 2.45) is 5.73 Å². The van der Waals surface area contributed by atoms with Crippen LogP contribution in [0.2, 0.25) is 5.02 Å². The minimum atomic E-state index is 0.196. The maximum absolute atomic E-state index is 5.86. The average molecular weight is 184 g/mol. The third-order valence-electron chi connectivity index (χ3n) is 1.85. The summed E-state index contributed by atoms with van der Waals surface area (Å²) in [6, 6.07) is 6.11. The summed E-state index contributed by atoms with van der Waals surface area (Å²) in [5.41, 5.74) is 8.21. The SMILES string of the molecule is Cc1ccc(Cl)cc1C[C@@H](C)N. The molecular weight excluding hydrogens is 170 g/mol. The molecule has 0 aliphatic rings. The Morgan fingerprint density at radius 2 is 2.17 bits per heavy atom. The van der Waals surface area contributed by atoms with Gasteiger partial charge in [0, 0.05) is 11.1 Å². The Hall–Kier alpha value is -0.530. The second-order valence-electron chi connectivity index (χ2n) is 3.25. The lowest BCUT2D eigenvalue weighted by atomic mass is 10.0. The Morgan fingerprint density at radius 3 is 2.75 bits per heavy atom. The highest BCUT2D eigenvalue weighted by Gasteiger charge is 2.01. The average Bonchev–Trinajstić information content (AvgIpc) is 1.96. The quantitative estimate of drug-likeness (QED) is 0.750. The van der Waals surface area contributed by atoms with Gasteiger partial charge in [-0.1, -0.05) is 17.7 Å². The van der Waals surface area contributed by atoms with Crippen LogP contribution < -0.4 is 5.73 Å². The number of hydrogen-bond acceptors (Lipinski definition) is 1. The summed E-state index contributed by atoms with van der Waals surface area (Å²) in [7, 11) is 0. The highest BCUT2D eigenvalue weighted by molar-refractivity contribution is 6.30. The molecule has 0 amide bonds. The van der Waals surface area contributed by atoms with Crippen LogP contribution in [0.5, 0.6) is 0 Å². The van der Waals surface area contributed by atoms with Crippen molar-refractivity contribution in [2.45, 2.75) is 26.3 Å². The maximum atomic E-state index is 5.86. The van der Waals surface area contributed by atoms with Crippen molar-refractivity contribution in [3.05, 3.63) is 34.3 Å². The van der Waals surface area contributed by atoms with E-state index in [0.29, 0.717) is 0 Å². The molecule has 2 heteroatoms. The van der Waals surface area contributed by atoms with E-state index >= 15 is 0 Å². The third-order valence-corrected chi connectivity index (χ3v) is 2.09. The van der Waals surface area contributed by atoms with Crippen molar-refractivity contribution in [1.29, 1.82) is 0 Å². The van der Waals surface area contributed by atoms with Gasteiger partial charge < -0.3 is 5.73 Å². The van der Waals surface area contributed by atoms with Gasteiger partial charge in [0.15, 0.2) is 0 Å². The Labute approximate surface area is 78.5 Å². The minimum Gasteiger partial charge on any atom is -0.328 e. The number of hydrogen-bond donors (Lipinski definition) is 1. The molecule has 0 radical (unpaired) electrons. The van der Waals surface area contributed by atoms with E-state index in [0.717, 1.165) is 11.4 Å². The van der Waals surface area contributed by atoms with Gasteiger partial charge in [-0.25, -0.2) is 0 Å². The molecule has 1 atom stereocenters. The van der Waals surface area contributed by atoms with E-state index in [-0.39, 0.29) is 6.04 Å². The van der Waals surface area contributed by atoms with Gasteiger partial charge in [-0.05, 0) is 43.5 Å². The normalized spacial score (nSPS) is 13.0. The molecule has 0 fully saturated rings. The monoisotopic (exact) mass is 183 g/mol. The van der Waals surface area contributed by atoms with E-state index in [1.165, 1.54) is 11.1 Å². The fourth-order valence-electron chi connectivity index (χ4n) is 1.21. The molecule has 0 aliphatic heterocycles. The summed E-state index contributed by atoms with van der Waals surface area (Å²) in [5.74, 6) is 0. The minimum absolute atomic E-state index is 0.196. The summed E-state index contributed by atoms with van der Waals surface area (Å²) < 4.78 is 0. The Bertz CT molecular complexity index is 269. The molecule has 0 unspecified atom stereocenters. The Kier molecular flexibility index (Phi) is 3.12. The first-order valence-corrected chi connectivity index (χ1v) is 4.48. The summed E-state index contributed by atoms with van der Waals surface area (Å²) >= 11 is 5.86. The van der Waals surface area contributed by atoms with Crippen LogP contribution in [-0.4, -0.2) is 6.04 Å². The molecular formula is C10H14ClN. The van der Waals surface area contributed by atoms with Crippen molar-refractivity contribution in [3.8, 4) is 0 Å². The molecule has 0 aliphatic carbocycles. The largest absolute Gasteiger partial charge is 0.328 e. The number of aryl methyl sites for hydroxylation is 1. The zero-order valence-electron chi connectivity index (χ0n) is 7.47. The number of rotatable bonds is 2. The Balaban J connectivity index is 2.90. The first-order chi connectivity index (χ1) is 5.59. The maximum Gasteiger partial charge on any atom is 0.0408 e. The fraction of sp³-hybridized carbons (Fsp3) is 0.400. The predicted octanol–water partition coefficient (Wildman–Crippen LogP) is 2.54. The van der Waals surface area contributed by atoms with E-state index in [4.69, 9.17) is 17.3 Å². The number of nitrogens with two attached hydrogens (primary N) is 1. The first-order valence-electron chi connectivity index (χ1n) is 4.10. The fourth-order valence-corrected chi connectivity index (χ4v) is 1.40. The van der Waals surface area contributed by atoms with E-state index in [2.05, 4.69) is 6.92 Å². The Morgan fingerprint density at radius 1 is 1.50 bits per heavy atom. The van der Waals surface area contributed by atoms with E-state index < -0.39 is 0 Å². The zero-order chi connectivity index (χ0) is 9.14. The molecule has 0 saturated heterocycles. The van der Waals surface area contributed by atoms with Gasteiger partial charge in [0.25, 0.3) is 0 Å². The van der Waals surface area contributed by atoms with Crippen LogP contribution >= 0.6 is 11.6 Å². The molecule has 2 N–H and O–H groups in total. The molecule has 1 aromatic rings. The summed E-state index contributed by atoms with van der Waals surface area (Å²) in [5, 5.41) is 0.788. The summed E-state index contributed by atoms with van der Waals surface area (Å²) in [6.07, 6.45) is 0.895. The molecule has 0 spiro atoms. The number of halogens is 1. The predicted molar refractivity (Wildman–Crippen MR) is 53.5 cm³/mol. The molecule has 0 saturated carbocycles. The van der Waals surface area contributed by atoms with E-state index in [1.54, 1.807) is 0 Å². The van der Waals surface area contributed by atoms with Gasteiger partial charge in [0.05, 0.1) is 0 Å². The lowest BCUT2D eigenvalue weighted by Gasteiger charge is -2.08. The lowest BCUT2D eigenvalue weighted by Crippen LogP contribution is -2.18. The lowest BCUT2D eigenvalue weighted by molar-refractivity contribution is 0.735. The highest BCUT2D eigenvalue weighted by atomic mass is 35.5. The van der Waals surface area contributed by atoms with Crippen LogP contribution in [-0.2, 0) is 6.42 Å². The first kappa shape index (κ1) is 9.56. The van der Waals surface area contributed by atoms with Gasteiger partial charge in [0.1, 0.15) is 0 Å². The molecule has 66 valence electrons. The van der Waals surface area contributed by atoms with Crippen molar-refractivity contribution >= 4 is 11.6 Å². The summed E-state index contributed by atoms with van der Waals surface area (Å²) in [6.45, 7) is 4.08. The third kappa shape index (κ3) is 2.50. The molecule has 0 aromatic heterocycles. The smallest absolute Gasteiger partial charge is 0.0408 e. The second kappa shape index (κ2) is 3.92. The van der Waals surface area contributed by atoms with Crippen LogP contribution in [0.25, 0.3) is 0 Å². The van der Waals surface area contributed by atoms with Crippen molar-refractivity contribution < 1.29 is 0 Å². The molecule has 1 rings (SSSR count). The summed E-state index contributed by atoms with van der Waals surface area (Å²) in [4.78, 5) is 0. The standard InChI is InChI=1S/C10H14ClN/c1-7-3-4-10(11)6-9(7)5-8(2)12/h3-4,6,8H,5,12H2,1-2H3/t8-/m1/s1.